The number of hydrogen-bond donors (Lipinski definition) is 1. The number of furan rings is 1. The van der Waals surface area contributed by atoms with Crippen molar-refractivity contribution in [3.8, 4) is 0 Å². The highest BCUT2D eigenvalue weighted by Crippen LogP contribution is 2.33. The van der Waals surface area contributed by atoms with Crippen LogP contribution in [0.15, 0.2) is 16.8 Å². The van der Waals surface area contributed by atoms with Gasteiger partial charge < -0.3 is 14.6 Å². The van der Waals surface area contributed by atoms with E-state index < -0.39 is 0 Å². The summed E-state index contributed by atoms with van der Waals surface area (Å²) < 4.78 is 6.00. The highest BCUT2D eigenvalue weighted by atomic mass is 16.3. The Morgan fingerprint density at radius 2 is 2.00 bits per heavy atom. The monoisotopic (exact) mass is 283 g/mol. The van der Waals surface area contributed by atoms with Gasteiger partial charge in [0.05, 0.1) is 5.39 Å². The Labute approximate surface area is 122 Å². The van der Waals surface area contributed by atoms with Gasteiger partial charge in [0.25, 0.3) is 0 Å². The second-order valence-corrected chi connectivity index (χ2v) is 5.47. The van der Waals surface area contributed by atoms with Crippen molar-refractivity contribution in [1.29, 1.82) is 0 Å². The Balaban J connectivity index is 1.99. The van der Waals surface area contributed by atoms with Crippen LogP contribution in [0.1, 0.15) is 11.3 Å². The summed E-state index contributed by atoms with van der Waals surface area (Å²) in [6.07, 6.45) is 1.62. The molecule has 0 amide bonds. The first-order chi connectivity index (χ1) is 10.2. The third kappa shape index (κ3) is 1.94. The minimum atomic E-state index is 0.652. The minimum absolute atomic E-state index is 0.652. The van der Waals surface area contributed by atoms with E-state index in [2.05, 4.69) is 38.2 Å². The number of anilines is 1. The number of pyridine rings is 1. The lowest BCUT2D eigenvalue weighted by Gasteiger charge is -2.27. The molecule has 3 aromatic rings. The van der Waals surface area contributed by atoms with Gasteiger partial charge in [-0.1, -0.05) is 0 Å². The first-order valence-corrected chi connectivity index (χ1v) is 7.21. The molecule has 21 heavy (non-hydrogen) atoms. The molecule has 1 aliphatic rings. The molecule has 4 rings (SSSR count). The van der Waals surface area contributed by atoms with Gasteiger partial charge in [0.2, 0.25) is 5.71 Å². The van der Waals surface area contributed by atoms with Gasteiger partial charge in [-0.25, -0.2) is 15.0 Å². The average Bonchev–Trinajstić information content (AvgIpc) is 2.86. The topological polar surface area (TPSA) is 67.1 Å². The minimum Gasteiger partial charge on any atom is -0.432 e. The summed E-state index contributed by atoms with van der Waals surface area (Å²) in [4.78, 5) is 15.6. The fourth-order valence-corrected chi connectivity index (χ4v) is 3.00. The second kappa shape index (κ2) is 4.66. The van der Waals surface area contributed by atoms with Crippen LogP contribution in [0.4, 0.5) is 5.82 Å². The van der Waals surface area contributed by atoms with E-state index in [1.165, 1.54) is 0 Å². The Hall–Kier alpha value is -2.21. The van der Waals surface area contributed by atoms with Gasteiger partial charge in [-0.05, 0) is 25.5 Å². The Bertz CT molecular complexity index is 820. The molecule has 108 valence electrons. The molecule has 1 aliphatic heterocycles. The maximum Gasteiger partial charge on any atom is 0.229 e. The van der Waals surface area contributed by atoms with Gasteiger partial charge in [-0.3, -0.25) is 0 Å². The Kier molecular flexibility index (Phi) is 2.78. The molecule has 0 radical (unpaired) electrons. The van der Waals surface area contributed by atoms with Crippen LogP contribution in [-0.2, 0) is 0 Å². The largest absolute Gasteiger partial charge is 0.432 e. The maximum atomic E-state index is 6.00. The number of piperazine rings is 1. The molecular formula is C15H17N5O. The summed E-state index contributed by atoms with van der Waals surface area (Å²) in [6.45, 7) is 7.81. The van der Waals surface area contributed by atoms with Gasteiger partial charge in [0, 0.05) is 31.9 Å². The van der Waals surface area contributed by atoms with Crippen molar-refractivity contribution in [3.63, 3.8) is 0 Å². The lowest BCUT2D eigenvalue weighted by Crippen LogP contribution is -2.43. The van der Waals surface area contributed by atoms with E-state index in [9.17, 15) is 0 Å². The molecule has 1 fully saturated rings. The lowest BCUT2D eigenvalue weighted by molar-refractivity contribution is 0.578. The number of aryl methyl sites for hydroxylation is 2. The van der Waals surface area contributed by atoms with Gasteiger partial charge in [-0.15, -0.1) is 0 Å². The van der Waals surface area contributed by atoms with E-state index in [1.54, 1.807) is 6.33 Å². The summed E-state index contributed by atoms with van der Waals surface area (Å²) in [7, 11) is 0. The second-order valence-electron chi connectivity index (χ2n) is 5.47. The quantitative estimate of drug-likeness (QED) is 0.734. The van der Waals surface area contributed by atoms with Crippen molar-refractivity contribution in [2.45, 2.75) is 13.8 Å². The lowest BCUT2D eigenvalue weighted by atomic mass is 10.1. The van der Waals surface area contributed by atoms with Gasteiger partial charge in [0.15, 0.2) is 11.4 Å². The number of nitrogens with one attached hydrogen (secondary N) is 1. The van der Waals surface area contributed by atoms with Crippen LogP contribution in [0.5, 0.6) is 0 Å². The van der Waals surface area contributed by atoms with Crippen LogP contribution in [0.25, 0.3) is 22.2 Å². The summed E-state index contributed by atoms with van der Waals surface area (Å²) in [5.41, 5.74) is 4.35. The summed E-state index contributed by atoms with van der Waals surface area (Å²) in [5, 5.41) is 4.34. The van der Waals surface area contributed by atoms with Gasteiger partial charge >= 0.3 is 0 Å². The fourth-order valence-electron chi connectivity index (χ4n) is 3.00. The molecule has 0 spiro atoms. The molecular weight excluding hydrogens is 266 g/mol. The van der Waals surface area contributed by atoms with Crippen LogP contribution < -0.4 is 10.2 Å². The zero-order valence-corrected chi connectivity index (χ0v) is 12.2. The summed E-state index contributed by atoms with van der Waals surface area (Å²) in [5.74, 6) is 0.872. The van der Waals surface area contributed by atoms with Crippen LogP contribution in [0.2, 0.25) is 0 Å². The van der Waals surface area contributed by atoms with Crippen LogP contribution in [0.3, 0.4) is 0 Å². The molecule has 4 heterocycles. The number of aromatic nitrogens is 3. The van der Waals surface area contributed by atoms with E-state index in [-0.39, 0.29) is 0 Å². The number of fused-ring (bicyclic) bond motifs is 3. The molecule has 0 atom stereocenters. The van der Waals surface area contributed by atoms with E-state index in [0.29, 0.717) is 5.71 Å². The molecule has 0 aliphatic carbocycles. The standard InChI is InChI=1S/C15H17N5O/c1-9-7-10(2)19-15-11(9)12-13(21-15)14(18-8-17-12)20-5-3-16-4-6-20/h7-8,16H,3-6H2,1-2H3. The van der Waals surface area contributed by atoms with E-state index in [0.717, 1.165) is 59.7 Å². The molecule has 0 saturated carbocycles. The van der Waals surface area contributed by atoms with Gasteiger partial charge in [0.1, 0.15) is 11.8 Å². The van der Waals surface area contributed by atoms with Crippen molar-refractivity contribution >= 4 is 28.0 Å². The predicted molar refractivity (Wildman–Crippen MR) is 81.7 cm³/mol. The maximum absolute atomic E-state index is 6.00. The molecule has 1 saturated heterocycles. The Morgan fingerprint density at radius 1 is 1.19 bits per heavy atom. The van der Waals surface area contributed by atoms with E-state index in [1.807, 2.05) is 6.92 Å². The molecule has 3 aromatic heterocycles. The van der Waals surface area contributed by atoms with Gasteiger partial charge in [-0.2, -0.15) is 0 Å². The van der Waals surface area contributed by atoms with Crippen LogP contribution in [0, 0.1) is 13.8 Å². The first-order valence-electron chi connectivity index (χ1n) is 7.21. The number of rotatable bonds is 1. The third-order valence-corrected chi connectivity index (χ3v) is 3.95. The predicted octanol–water partition coefficient (Wildman–Crippen LogP) is 1.80. The zero-order valence-electron chi connectivity index (χ0n) is 12.2. The van der Waals surface area contributed by atoms with E-state index in [4.69, 9.17) is 4.42 Å². The van der Waals surface area contributed by atoms with Crippen molar-refractivity contribution in [2.75, 3.05) is 31.1 Å². The summed E-state index contributed by atoms with van der Waals surface area (Å²) in [6, 6.07) is 2.06. The van der Waals surface area contributed by atoms with Crippen molar-refractivity contribution in [3.05, 3.63) is 23.7 Å². The van der Waals surface area contributed by atoms with E-state index >= 15 is 0 Å². The molecule has 6 heteroatoms. The number of nitrogens with zero attached hydrogens (tertiary/aromatic N) is 4. The zero-order chi connectivity index (χ0) is 14.4. The SMILES string of the molecule is Cc1cc(C)c2c(n1)oc1c(N3CCNCC3)ncnc12. The third-order valence-electron chi connectivity index (χ3n) is 3.95. The van der Waals surface area contributed by atoms with Crippen LogP contribution in [-0.4, -0.2) is 41.1 Å². The number of hydrogen-bond acceptors (Lipinski definition) is 6. The van der Waals surface area contributed by atoms with Crippen LogP contribution >= 0.6 is 0 Å². The normalized spacial score (nSPS) is 16.0. The molecule has 6 nitrogen and oxygen atoms in total. The van der Waals surface area contributed by atoms with Crippen molar-refractivity contribution in [2.24, 2.45) is 0 Å². The molecule has 0 aromatic carbocycles. The van der Waals surface area contributed by atoms with Crippen molar-refractivity contribution < 1.29 is 4.42 Å². The Morgan fingerprint density at radius 3 is 2.81 bits per heavy atom. The summed E-state index contributed by atoms with van der Waals surface area (Å²) >= 11 is 0. The first kappa shape index (κ1) is 12.5. The smallest absolute Gasteiger partial charge is 0.229 e. The highest BCUT2D eigenvalue weighted by Gasteiger charge is 2.21. The molecule has 1 N–H and O–H groups in total. The fraction of sp³-hybridized carbons (Fsp3) is 0.400. The molecule has 0 unspecified atom stereocenters. The highest BCUT2D eigenvalue weighted by molar-refractivity contribution is 6.06. The molecule has 0 bridgehead atoms. The van der Waals surface area contributed by atoms with Crippen molar-refractivity contribution in [1.82, 2.24) is 20.3 Å². The average molecular weight is 283 g/mol.